The average molecular weight is 143 g/mol. The van der Waals surface area contributed by atoms with Crippen molar-refractivity contribution >= 4 is 0 Å². The lowest BCUT2D eigenvalue weighted by atomic mass is 10.2. The van der Waals surface area contributed by atoms with Gasteiger partial charge >= 0.3 is 0 Å². The molecular formula is C8H17NO. The summed E-state index contributed by atoms with van der Waals surface area (Å²) in [5, 5.41) is 12.4. The van der Waals surface area contributed by atoms with Gasteiger partial charge in [-0.3, -0.25) is 0 Å². The molecule has 1 aliphatic rings. The predicted molar refractivity (Wildman–Crippen MR) is 41.9 cm³/mol. The summed E-state index contributed by atoms with van der Waals surface area (Å²) in [6.07, 6.45) is 2.53. The van der Waals surface area contributed by atoms with Crippen LogP contribution in [0.4, 0.5) is 0 Å². The maximum absolute atomic E-state index is 9.09. The molecule has 0 aliphatic heterocycles. The molecule has 2 N–H and O–H groups in total. The summed E-state index contributed by atoms with van der Waals surface area (Å²) in [7, 11) is 0. The highest BCUT2D eigenvalue weighted by atomic mass is 16.3. The maximum Gasteiger partial charge on any atom is 0.0662 e. The van der Waals surface area contributed by atoms with Gasteiger partial charge in [0.1, 0.15) is 0 Å². The molecule has 1 rings (SSSR count). The average Bonchev–Trinajstić information content (AvgIpc) is 2.64. The van der Waals surface area contributed by atoms with E-state index in [2.05, 4.69) is 5.32 Å². The second-order valence-corrected chi connectivity index (χ2v) is 3.38. The lowest BCUT2D eigenvalue weighted by Gasteiger charge is -2.15. The van der Waals surface area contributed by atoms with Gasteiger partial charge in [-0.25, -0.2) is 0 Å². The van der Waals surface area contributed by atoms with Crippen molar-refractivity contribution < 1.29 is 5.11 Å². The van der Waals surface area contributed by atoms with Crippen molar-refractivity contribution in [1.82, 2.24) is 5.32 Å². The summed E-state index contributed by atoms with van der Waals surface area (Å²) in [5.74, 6) is 0.904. The highest BCUT2D eigenvalue weighted by Gasteiger charge is 2.21. The highest BCUT2D eigenvalue weighted by molar-refractivity contribution is 4.78. The van der Waals surface area contributed by atoms with Crippen molar-refractivity contribution in [3.63, 3.8) is 0 Å². The molecule has 0 saturated heterocycles. The number of hydrogen-bond donors (Lipinski definition) is 2. The molecule has 0 aromatic carbocycles. The number of nitrogens with one attached hydrogen (secondary N) is 1. The molecule has 0 radical (unpaired) electrons. The van der Waals surface area contributed by atoms with Crippen LogP contribution in [0.25, 0.3) is 0 Å². The monoisotopic (exact) mass is 143 g/mol. The first kappa shape index (κ1) is 8.02. The summed E-state index contributed by atoms with van der Waals surface area (Å²) in [4.78, 5) is 0. The van der Waals surface area contributed by atoms with E-state index in [1.54, 1.807) is 0 Å². The van der Waals surface area contributed by atoms with Crippen molar-refractivity contribution in [3.05, 3.63) is 0 Å². The second-order valence-electron chi connectivity index (χ2n) is 3.38. The molecule has 10 heavy (non-hydrogen) atoms. The molecule has 2 nitrogen and oxygen atoms in total. The Balaban J connectivity index is 1.99. The van der Waals surface area contributed by atoms with Gasteiger partial charge in [-0.05, 0) is 39.2 Å². The van der Waals surface area contributed by atoms with Gasteiger partial charge in [0.15, 0.2) is 0 Å². The smallest absolute Gasteiger partial charge is 0.0662 e. The summed E-state index contributed by atoms with van der Waals surface area (Å²) in [6, 6.07) is 0.251. The molecule has 2 atom stereocenters. The zero-order valence-electron chi connectivity index (χ0n) is 6.80. The summed E-state index contributed by atoms with van der Waals surface area (Å²) in [6.45, 7) is 4.93. The van der Waals surface area contributed by atoms with Crippen molar-refractivity contribution in [3.8, 4) is 0 Å². The van der Waals surface area contributed by atoms with Crippen molar-refractivity contribution in [2.24, 2.45) is 5.92 Å². The third-order valence-corrected chi connectivity index (χ3v) is 2.15. The Labute approximate surface area is 62.6 Å². The number of aliphatic hydroxyl groups excluding tert-OH is 1. The first-order valence-corrected chi connectivity index (χ1v) is 4.11. The van der Waals surface area contributed by atoms with Crippen LogP contribution in [0.15, 0.2) is 0 Å². The first-order chi connectivity index (χ1) is 4.70. The summed E-state index contributed by atoms with van der Waals surface area (Å²) >= 11 is 0. The zero-order chi connectivity index (χ0) is 7.56. The minimum atomic E-state index is -0.223. The molecule has 60 valence electrons. The fourth-order valence-electron chi connectivity index (χ4n) is 0.845. The van der Waals surface area contributed by atoms with Gasteiger partial charge < -0.3 is 10.4 Å². The van der Waals surface area contributed by atoms with Crippen molar-refractivity contribution in [1.29, 1.82) is 0 Å². The van der Waals surface area contributed by atoms with Crippen LogP contribution in [0.2, 0.25) is 0 Å². The summed E-state index contributed by atoms with van der Waals surface area (Å²) < 4.78 is 0. The molecule has 1 fully saturated rings. The van der Waals surface area contributed by atoms with Crippen LogP contribution in [0.5, 0.6) is 0 Å². The normalized spacial score (nSPS) is 24.3. The van der Waals surface area contributed by atoms with E-state index in [0.717, 1.165) is 12.5 Å². The van der Waals surface area contributed by atoms with E-state index in [9.17, 15) is 0 Å². The van der Waals surface area contributed by atoms with E-state index in [4.69, 9.17) is 5.11 Å². The Morgan fingerprint density at radius 1 is 1.50 bits per heavy atom. The van der Waals surface area contributed by atoms with E-state index in [-0.39, 0.29) is 12.1 Å². The minimum absolute atomic E-state index is 0.223. The van der Waals surface area contributed by atoms with Gasteiger partial charge in [-0.2, -0.15) is 0 Å². The molecule has 0 aromatic heterocycles. The standard InChI is InChI=1S/C8H17NO/c1-6(7(2)10)9-5-8-3-4-8/h6-10H,3-5H2,1-2H3. The van der Waals surface area contributed by atoms with Crippen LogP contribution in [-0.4, -0.2) is 23.8 Å². The quantitative estimate of drug-likeness (QED) is 0.609. The molecule has 0 aromatic rings. The fraction of sp³-hybridized carbons (Fsp3) is 1.00. The fourth-order valence-corrected chi connectivity index (χ4v) is 0.845. The van der Waals surface area contributed by atoms with E-state index in [0.29, 0.717) is 0 Å². The van der Waals surface area contributed by atoms with Gasteiger partial charge in [-0.15, -0.1) is 0 Å². The van der Waals surface area contributed by atoms with Crippen molar-refractivity contribution in [2.45, 2.75) is 38.8 Å². The molecular weight excluding hydrogens is 126 g/mol. The zero-order valence-corrected chi connectivity index (χ0v) is 6.80. The Bertz CT molecular complexity index is 99.4. The van der Waals surface area contributed by atoms with E-state index in [1.165, 1.54) is 12.8 Å². The Hall–Kier alpha value is -0.0800. The van der Waals surface area contributed by atoms with E-state index >= 15 is 0 Å². The lowest BCUT2D eigenvalue weighted by molar-refractivity contribution is 0.152. The third kappa shape index (κ3) is 2.67. The molecule has 2 heteroatoms. The molecule has 1 aliphatic carbocycles. The van der Waals surface area contributed by atoms with Gasteiger partial charge in [0.25, 0.3) is 0 Å². The van der Waals surface area contributed by atoms with Crippen LogP contribution < -0.4 is 5.32 Å². The van der Waals surface area contributed by atoms with Gasteiger partial charge in [0.2, 0.25) is 0 Å². The molecule has 1 saturated carbocycles. The Kier molecular flexibility index (Phi) is 2.69. The van der Waals surface area contributed by atoms with Crippen molar-refractivity contribution in [2.75, 3.05) is 6.54 Å². The highest BCUT2D eigenvalue weighted by Crippen LogP contribution is 2.27. The van der Waals surface area contributed by atoms with Gasteiger partial charge in [-0.1, -0.05) is 0 Å². The van der Waals surface area contributed by atoms with E-state index in [1.807, 2.05) is 13.8 Å². The Morgan fingerprint density at radius 2 is 2.10 bits per heavy atom. The molecule has 0 bridgehead atoms. The number of aliphatic hydroxyl groups is 1. The largest absolute Gasteiger partial charge is 0.392 e. The second kappa shape index (κ2) is 3.35. The topological polar surface area (TPSA) is 32.3 Å². The third-order valence-electron chi connectivity index (χ3n) is 2.15. The molecule has 0 spiro atoms. The van der Waals surface area contributed by atoms with Crippen LogP contribution in [0.3, 0.4) is 0 Å². The van der Waals surface area contributed by atoms with Crippen LogP contribution >= 0.6 is 0 Å². The number of rotatable bonds is 4. The minimum Gasteiger partial charge on any atom is -0.392 e. The van der Waals surface area contributed by atoms with Crippen LogP contribution in [-0.2, 0) is 0 Å². The van der Waals surface area contributed by atoms with E-state index < -0.39 is 0 Å². The van der Waals surface area contributed by atoms with Gasteiger partial charge in [0.05, 0.1) is 6.10 Å². The SMILES string of the molecule is CC(O)C(C)NCC1CC1. The lowest BCUT2D eigenvalue weighted by Crippen LogP contribution is -2.36. The maximum atomic E-state index is 9.09. The van der Waals surface area contributed by atoms with Gasteiger partial charge in [0, 0.05) is 6.04 Å². The number of hydrogen-bond acceptors (Lipinski definition) is 2. The summed E-state index contributed by atoms with van der Waals surface area (Å²) in [5.41, 5.74) is 0. The Morgan fingerprint density at radius 3 is 2.50 bits per heavy atom. The predicted octanol–water partition coefficient (Wildman–Crippen LogP) is 0.755. The van der Waals surface area contributed by atoms with Crippen LogP contribution in [0.1, 0.15) is 26.7 Å². The first-order valence-electron chi connectivity index (χ1n) is 4.11. The van der Waals surface area contributed by atoms with Crippen LogP contribution in [0, 0.1) is 5.92 Å². The molecule has 2 unspecified atom stereocenters. The molecule has 0 heterocycles. The molecule has 0 amide bonds.